The van der Waals surface area contributed by atoms with Gasteiger partial charge in [-0.15, -0.1) is 0 Å². The van der Waals surface area contributed by atoms with E-state index in [0.29, 0.717) is 6.54 Å². The molecule has 0 radical (unpaired) electrons. The molecule has 0 unspecified atom stereocenters. The maximum absolute atomic E-state index is 13.7. The predicted molar refractivity (Wildman–Crippen MR) is 155 cm³/mol. The zero-order valence-corrected chi connectivity index (χ0v) is 22.3. The van der Waals surface area contributed by atoms with Crippen LogP contribution in [0.25, 0.3) is 0 Å². The summed E-state index contributed by atoms with van der Waals surface area (Å²) in [4.78, 5) is 38.4. The van der Waals surface area contributed by atoms with Gasteiger partial charge in [-0.2, -0.15) is 0 Å². The van der Waals surface area contributed by atoms with E-state index in [-0.39, 0.29) is 12.3 Å². The predicted octanol–water partition coefficient (Wildman–Crippen LogP) is 5.04. The topological polar surface area (TPSA) is 108 Å². The van der Waals surface area contributed by atoms with E-state index >= 15 is 0 Å². The van der Waals surface area contributed by atoms with Crippen molar-refractivity contribution in [3.05, 3.63) is 144 Å². The SMILES string of the molecule is C[C@H](CNC(=O)[C@@H](CC(=O)NC(c1ccccc1)(c1ccccc1)c1ccccc1)NC(=O)O)c1ccccc1. The Hall–Kier alpha value is -4.91. The number of benzene rings is 4. The fourth-order valence-electron chi connectivity index (χ4n) is 4.86. The summed E-state index contributed by atoms with van der Waals surface area (Å²) in [5.41, 5.74) is 2.44. The van der Waals surface area contributed by atoms with Crippen LogP contribution in [0.4, 0.5) is 4.79 Å². The average molecular weight is 536 g/mol. The van der Waals surface area contributed by atoms with E-state index in [4.69, 9.17) is 0 Å². The molecule has 0 aliphatic heterocycles. The van der Waals surface area contributed by atoms with E-state index in [0.717, 1.165) is 22.3 Å². The van der Waals surface area contributed by atoms with Crippen LogP contribution in [0.2, 0.25) is 0 Å². The number of nitrogens with one attached hydrogen (secondary N) is 3. The van der Waals surface area contributed by atoms with Crippen LogP contribution in [0.15, 0.2) is 121 Å². The number of hydrogen-bond acceptors (Lipinski definition) is 3. The summed E-state index contributed by atoms with van der Waals surface area (Å²) >= 11 is 0. The Kier molecular flexibility index (Phi) is 9.31. The number of amides is 3. The van der Waals surface area contributed by atoms with Gasteiger partial charge in [-0.05, 0) is 28.2 Å². The standard InChI is InChI=1S/C33H33N3O4/c1-24(25-14-6-2-7-15-25)23-34-31(38)29(35-32(39)40)22-30(37)36-33(26-16-8-3-9-17-26,27-18-10-4-11-19-27)28-20-12-5-13-21-28/h2-21,24,29,35H,22-23H2,1H3,(H,34,38)(H,36,37)(H,39,40)/t24-,29-/m1/s1. The largest absolute Gasteiger partial charge is 0.465 e. The van der Waals surface area contributed by atoms with Crippen molar-refractivity contribution in [3.63, 3.8) is 0 Å². The molecule has 0 aliphatic rings. The summed E-state index contributed by atoms with van der Waals surface area (Å²) in [7, 11) is 0. The highest BCUT2D eigenvalue weighted by Crippen LogP contribution is 2.36. The van der Waals surface area contributed by atoms with Crippen molar-refractivity contribution >= 4 is 17.9 Å². The molecule has 4 N–H and O–H groups in total. The molecule has 0 aliphatic carbocycles. The molecule has 0 aromatic heterocycles. The monoisotopic (exact) mass is 535 g/mol. The summed E-state index contributed by atoms with van der Waals surface area (Å²) in [6.45, 7) is 2.26. The van der Waals surface area contributed by atoms with Crippen molar-refractivity contribution in [2.45, 2.75) is 30.8 Å². The van der Waals surface area contributed by atoms with Gasteiger partial charge < -0.3 is 21.1 Å². The van der Waals surface area contributed by atoms with Crippen molar-refractivity contribution in [2.75, 3.05) is 6.54 Å². The third-order valence-electron chi connectivity index (χ3n) is 6.90. The Labute approximate surface area is 234 Å². The molecule has 204 valence electrons. The van der Waals surface area contributed by atoms with E-state index in [9.17, 15) is 19.5 Å². The molecule has 0 saturated carbocycles. The van der Waals surface area contributed by atoms with Gasteiger partial charge in [0.1, 0.15) is 11.6 Å². The minimum atomic E-state index is -1.38. The van der Waals surface area contributed by atoms with E-state index in [1.165, 1.54) is 0 Å². The molecule has 7 nitrogen and oxygen atoms in total. The van der Waals surface area contributed by atoms with Crippen molar-refractivity contribution in [3.8, 4) is 0 Å². The molecule has 2 atom stereocenters. The number of carbonyl (C=O) groups excluding carboxylic acids is 2. The number of carbonyl (C=O) groups is 3. The minimum Gasteiger partial charge on any atom is -0.465 e. The van der Waals surface area contributed by atoms with Crippen molar-refractivity contribution in [1.29, 1.82) is 0 Å². The van der Waals surface area contributed by atoms with Gasteiger partial charge in [-0.1, -0.05) is 128 Å². The Morgan fingerprint density at radius 1 is 0.700 bits per heavy atom. The van der Waals surface area contributed by atoms with Gasteiger partial charge in [0.2, 0.25) is 11.8 Å². The highest BCUT2D eigenvalue weighted by Gasteiger charge is 2.38. The normalized spacial score (nSPS) is 12.5. The molecule has 40 heavy (non-hydrogen) atoms. The van der Waals surface area contributed by atoms with Crippen LogP contribution in [0, 0.1) is 0 Å². The van der Waals surface area contributed by atoms with Crippen LogP contribution < -0.4 is 16.0 Å². The molecular formula is C33H33N3O4. The van der Waals surface area contributed by atoms with Crippen LogP contribution in [0.5, 0.6) is 0 Å². The smallest absolute Gasteiger partial charge is 0.405 e. The van der Waals surface area contributed by atoms with Crippen molar-refractivity contribution in [2.24, 2.45) is 0 Å². The molecule has 7 heteroatoms. The summed E-state index contributed by atoms with van der Waals surface area (Å²) in [5.74, 6) is -1.04. The van der Waals surface area contributed by atoms with E-state index in [1.54, 1.807) is 0 Å². The third-order valence-corrected chi connectivity index (χ3v) is 6.90. The summed E-state index contributed by atoms with van der Waals surface area (Å²) in [6.07, 6.45) is -1.77. The molecule has 0 fully saturated rings. The lowest BCUT2D eigenvalue weighted by atomic mass is 9.77. The summed E-state index contributed by atoms with van der Waals surface area (Å²) < 4.78 is 0. The number of rotatable bonds is 11. The highest BCUT2D eigenvalue weighted by molar-refractivity contribution is 5.91. The Morgan fingerprint density at radius 2 is 1.12 bits per heavy atom. The average Bonchev–Trinajstić information content (AvgIpc) is 2.99. The molecule has 3 amide bonds. The fourth-order valence-corrected chi connectivity index (χ4v) is 4.86. The van der Waals surface area contributed by atoms with Gasteiger partial charge in [0.25, 0.3) is 0 Å². The third kappa shape index (κ3) is 6.74. The molecule has 4 aromatic carbocycles. The maximum atomic E-state index is 13.7. The van der Waals surface area contributed by atoms with Crippen LogP contribution in [-0.4, -0.2) is 35.6 Å². The lowest BCUT2D eigenvalue weighted by Crippen LogP contribution is -2.53. The van der Waals surface area contributed by atoms with Crippen molar-refractivity contribution in [1.82, 2.24) is 16.0 Å². The molecule has 0 heterocycles. The van der Waals surface area contributed by atoms with Crippen LogP contribution in [0.1, 0.15) is 41.5 Å². The van der Waals surface area contributed by atoms with Gasteiger partial charge >= 0.3 is 6.09 Å². The van der Waals surface area contributed by atoms with Crippen LogP contribution >= 0.6 is 0 Å². The lowest BCUT2D eigenvalue weighted by Gasteiger charge is -2.37. The zero-order chi connectivity index (χ0) is 28.4. The second-order valence-electron chi connectivity index (χ2n) is 9.66. The van der Waals surface area contributed by atoms with Crippen LogP contribution in [0.3, 0.4) is 0 Å². The number of hydrogen-bond donors (Lipinski definition) is 4. The Morgan fingerprint density at radius 3 is 1.55 bits per heavy atom. The summed E-state index contributed by atoms with van der Waals surface area (Å²) in [5, 5.41) is 17.6. The Balaban J connectivity index is 1.61. The van der Waals surface area contributed by atoms with E-state index in [1.807, 2.05) is 128 Å². The first kappa shape index (κ1) is 28.1. The van der Waals surface area contributed by atoms with Gasteiger partial charge in [0, 0.05) is 6.54 Å². The fraction of sp³-hybridized carbons (Fsp3) is 0.182. The van der Waals surface area contributed by atoms with Gasteiger partial charge in [-0.3, -0.25) is 9.59 Å². The van der Waals surface area contributed by atoms with E-state index in [2.05, 4.69) is 16.0 Å². The first-order valence-electron chi connectivity index (χ1n) is 13.2. The molecule has 4 aromatic rings. The maximum Gasteiger partial charge on any atom is 0.405 e. The van der Waals surface area contributed by atoms with Gasteiger partial charge in [-0.25, -0.2) is 4.79 Å². The second kappa shape index (κ2) is 13.2. The lowest BCUT2D eigenvalue weighted by molar-refractivity contribution is -0.128. The van der Waals surface area contributed by atoms with Crippen LogP contribution in [-0.2, 0) is 15.1 Å². The molecular weight excluding hydrogens is 502 g/mol. The van der Waals surface area contributed by atoms with E-state index < -0.39 is 29.5 Å². The molecule has 0 spiro atoms. The highest BCUT2D eigenvalue weighted by atomic mass is 16.4. The Bertz CT molecular complexity index is 1300. The van der Waals surface area contributed by atoms with Gasteiger partial charge in [0.05, 0.1) is 6.42 Å². The molecule has 4 rings (SSSR count). The van der Waals surface area contributed by atoms with Gasteiger partial charge in [0.15, 0.2) is 0 Å². The second-order valence-corrected chi connectivity index (χ2v) is 9.66. The quantitative estimate of drug-likeness (QED) is 0.202. The first-order valence-corrected chi connectivity index (χ1v) is 13.2. The zero-order valence-electron chi connectivity index (χ0n) is 22.3. The number of carboxylic acid groups (broad SMARTS) is 1. The summed E-state index contributed by atoms with van der Waals surface area (Å²) in [6, 6.07) is 37.1. The molecule has 0 saturated heterocycles. The minimum absolute atomic E-state index is 0.00588. The first-order chi connectivity index (χ1) is 19.4. The van der Waals surface area contributed by atoms with Crippen molar-refractivity contribution < 1.29 is 19.5 Å². The molecule has 0 bridgehead atoms.